The Labute approximate surface area is 226 Å². The third kappa shape index (κ3) is 6.05. The largest absolute Gasteiger partial charge is 0.370 e. The number of aromatic nitrogens is 4. The summed E-state index contributed by atoms with van der Waals surface area (Å²) in [6, 6.07) is 12.4. The average Bonchev–Trinajstić information content (AvgIpc) is 3.32. The second kappa shape index (κ2) is 12.5. The first-order chi connectivity index (χ1) is 18.8. The van der Waals surface area contributed by atoms with Crippen molar-refractivity contribution in [3.8, 4) is 0 Å². The molecule has 0 aliphatic heterocycles. The highest BCUT2D eigenvalue weighted by Crippen LogP contribution is 2.28. The standard InChI is InChI=1S/C29H34N6O4/c1-4-6-14-22-21(13-10-16-31-22)28(37)34(17-15-24(30)36)23(5-2)26-32-27-25(19(3)33-39-27)29(38)35(26)18-20-11-8-7-9-12-20/h7-13,16,23H,4-6,14-15,17-18H2,1-3H3,(H2,30,36). The molecule has 1 atom stereocenters. The van der Waals surface area contributed by atoms with Crippen LogP contribution in [0.2, 0.25) is 0 Å². The molecule has 0 aliphatic carbocycles. The fourth-order valence-corrected chi connectivity index (χ4v) is 4.76. The fourth-order valence-electron chi connectivity index (χ4n) is 4.76. The summed E-state index contributed by atoms with van der Waals surface area (Å²) >= 11 is 0. The van der Waals surface area contributed by atoms with Gasteiger partial charge in [0.05, 0.1) is 29.5 Å². The molecule has 0 aliphatic rings. The Morgan fingerprint density at radius 2 is 1.90 bits per heavy atom. The molecule has 0 saturated heterocycles. The number of aryl methyl sites for hydroxylation is 2. The zero-order valence-electron chi connectivity index (χ0n) is 22.6. The number of benzene rings is 1. The number of hydrogen-bond donors (Lipinski definition) is 1. The molecule has 3 heterocycles. The number of primary amides is 1. The van der Waals surface area contributed by atoms with Crippen LogP contribution in [0.25, 0.3) is 11.1 Å². The number of pyridine rings is 1. The Morgan fingerprint density at radius 1 is 1.13 bits per heavy atom. The molecule has 4 rings (SSSR count). The monoisotopic (exact) mass is 530 g/mol. The van der Waals surface area contributed by atoms with Gasteiger partial charge in [-0.2, -0.15) is 4.98 Å². The lowest BCUT2D eigenvalue weighted by Gasteiger charge is -2.32. The first-order valence-electron chi connectivity index (χ1n) is 13.3. The van der Waals surface area contributed by atoms with E-state index < -0.39 is 11.9 Å². The van der Waals surface area contributed by atoms with E-state index in [2.05, 4.69) is 17.1 Å². The van der Waals surface area contributed by atoms with E-state index in [-0.39, 0.29) is 36.7 Å². The molecule has 4 aromatic rings. The van der Waals surface area contributed by atoms with Crippen molar-refractivity contribution in [2.75, 3.05) is 6.54 Å². The van der Waals surface area contributed by atoms with Gasteiger partial charge in [-0.15, -0.1) is 0 Å². The van der Waals surface area contributed by atoms with Crippen LogP contribution in [0.5, 0.6) is 0 Å². The van der Waals surface area contributed by atoms with Crippen LogP contribution in [0.3, 0.4) is 0 Å². The van der Waals surface area contributed by atoms with E-state index in [4.69, 9.17) is 15.2 Å². The van der Waals surface area contributed by atoms with Crippen molar-refractivity contribution in [2.45, 2.75) is 65.5 Å². The summed E-state index contributed by atoms with van der Waals surface area (Å²) in [5, 5.41) is 4.26. The van der Waals surface area contributed by atoms with E-state index >= 15 is 0 Å². The molecular weight excluding hydrogens is 496 g/mol. The smallest absolute Gasteiger partial charge is 0.267 e. The third-order valence-electron chi connectivity index (χ3n) is 6.79. The number of fused-ring (bicyclic) bond motifs is 1. The van der Waals surface area contributed by atoms with Crippen LogP contribution in [0, 0.1) is 6.92 Å². The topological polar surface area (TPSA) is 137 Å². The molecule has 10 heteroatoms. The predicted molar refractivity (Wildman–Crippen MR) is 147 cm³/mol. The van der Waals surface area contributed by atoms with Crippen molar-refractivity contribution in [2.24, 2.45) is 5.73 Å². The summed E-state index contributed by atoms with van der Waals surface area (Å²) in [5.41, 5.74) is 7.81. The minimum absolute atomic E-state index is 0.0423. The van der Waals surface area contributed by atoms with Gasteiger partial charge in [0.2, 0.25) is 5.91 Å². The number of nitrogens with two attached hydrogens (primary N) is 1. The normalized spacial score (nSPS) is 12.0. The van der Waals surface area contributed by atoms with E-state index in [1.165, 1.54) is 0 Å². The summed E-state index contributed by atoms with van der Waals surface area (Å²) in [4.78, 5) is 50.5. The first kappa shape index (κ1) is 27.7. The Hall–Kier alpha value is -4.34. The Bertz CT molecular complexity index is 1510. The molecule has 204 valence electrons. The fraction of sp³-hybridized carbons (Fsp3) is 0.379. The van der Waals surface area contributed by atoms with E-state index in [1.54, 1.807) is 34.7 Å². The zero-order chi connectivity index (χ0) is 27.9. The van der Waals surface area contributed by atoms with Crippen molar-refractivity contribution in [1.82, 2.24) is 24.6 Å². The third-order valence-corrected chi connectivity index (χ3v) is 6.79. The minimum Gasteiger partial charge on any atom is -0.370 e. The average molecular weight is 531 g/mol. The van der Waals surface area contributed by atoms with Gasteiger partial charge in [0, 0.05) is 19.2 Å². The number of hydrogen-bond acceptors (Lipinski definition) is 7. The van der Waals surface area contributed by atoms with E-state index in [0.29, 0.717) is 41.0 Å². The molecule has 3 aromatic heterocycles. The van der Waals surface area contributed by atoms with Gasteiger partial charge in [0.15, 0.2) is 0 Å². The van der Waals surface area contributed by atoms with Crippen LogP contribution in [-0.2, 0) is 17.8 Å². The van der Waals surface area contributed by atoms with Crippen LogP contribution in [-0.4, -0.2) is 43.0 Å². The Morgan fingerprint density at radius 3 is 2.59 bits per heavy atom. The highest BCUT2D eigenvalue weighted by atomic mass is 16.5. The molecule has 0 spiro atoms. The summed E-state index contributed by atoms with van der Waals surface area (Å²) in [7, 11) is 0. The lowest BCUT2D eigenvalue weighted by molar-refractivity contribution is -0.118. The number of carbonyl (C=O) groups excluding carboxylic acids is 2. The maximum absolute atomic E-state index is 14.1. The van der Waals surface area contributed by atoms with Gasteiger partial charge in [0.25, 0.3) is 17.2 Å². The van der Waals surface area contributed by atoms with Gasteiger partial charge in [-0.25, -0.2) is 0 Å². The van der Waals surface area contributed by atoms with Crippen molar-refractivity contribution in [3.63, 3.8) is 0 Å². The summed E-state index contributed by atoms with van der Waals surface area (Å²) in [6.45, 7) is 5.98. The highest BCUT2D eigenvalue weighted by Gasteiger charge is 2.31. The molecule has 39 heavy (non-hydrogen) atoms. The maximum atomic E-state index is 14.1. The van der Waals surface area contributed by atoms with Gasteiger partial charge in [-0.1, -0.05) is 55.8 Å². The van der Waals surface area contributed by atoms with E-state index in [1.807, 2.05) is 37.3 Å². The van der Waals surface area contributed by atoms with Crippen molar-refractivity contribution in [3.05, 3.63) is 87.4 Å². The Balaban J connectivity index is 1.87. The molecule has 10 nitrogen and oxygen atoms in total. The molecule has 0 radical (unpaired) electrons. The van der Waals surface area contributed by atoms with Crippen molar-refractivity contribution >= 4 is 22.9 Å². The number of unbranched alkanes of at least 4 members (excludes halogenated alkanes) is 1. The van der Waals surface area contributed by atoms with Gasteiger partial charge in [-0.05, 0) is 43.9 Å². The number of nitrogens with zero attached hydrogens (tertiary/aromatic N) is 5. The van der Waals surface area contributed by atoms with Crippen LogP contribution >= 0.6 is 0 Å². The highest BCUT2D eigenvalue weighted by molar-refractivity contribution is 5.95. The van der Waals surface area contributed by atoms with Gasteiger partial charge < -0.3 is 15.2 Å². The van der Waals surface area contributed by atoms with Crippen molar-refractivity contribution < 1.29 is 14.1 Å². The second-order valence-electron chi connectivity index (χ2n) is 9.54. The summed E-state index contributed by atoms with van der Waals surface area (Å²) in [6.07, 6.45) is 4.55. The quantitative estimate of drug-likeness (QED) is 0.293. The number of rotatable bonds is 12. The van der Waals surface area contributed by atoms with Crippen LogP contribution in [0.1, 0.15) is 78.7 Å². The molecule has 2 amide bonds. The van der Waals surface area contributed by atoms with Crippen molar-refractivity contribution in [1.29, 1.82) is 0 Å². The van der Waals surface area contributed by atoms with Gasteiger partial charge >= 0.3 is 0 Å². The maximum Gasteiger partial charge on any atom is 0.267 e. The SMILES string of the molecule is CCCCc1ncccc1C(=O)N(CCC(N)=O)C(CC)c1nc2onc(C)c2c(=O)n1Cc1ccccc1. The lowest BCUT2D eigenvalue weighted by atomic mass is 10.0. The summed E-state index contributed by atoms with van der Waals surface area (Å²) in [5.74, 6) is -0.473. The Kier molecular flexibility index (Phi) is 8.85. The van der Waals surface area contributed by atoms with Gasteiger partial charge in [0.1, 0.15) is 11.2 Å². The minimum atomic E-state index is -0.651. The summed E-state index contributed by atoms with van der Waals surface area (Å²) < 4.78 is 6.97. The van der Waals surface area contributed by atoms with Gasteiger partial charge in [-0.3, -0.25) is 23.9 Å². The van der Waals surface area contributed by atoms with Crippen LogP contribution in [0.4, 0.5) is 0 Å². The molecule has 2 N–H and O–H groups in total. The number of carbonyl (C=O) groups is 2. The first-order valence-corrected chi connectivity index (χ1v) is 13.3. The molecule has 1 unspecified atom stereocenters. The molecule has 0 fully saturated rings. The van der Waals surface area contributed by atoms with Crippen LogP contribution in [0.15, 0.2) is 58.0 Å². The van der Waals surface area contributed by atoms with E-state index in [9.17, 15) is 14.4 Å². The second-order valence-corrected chi connectivity index (χ2v) is 9.54. The lowest BCUT2D eigenvalue weighted by Crippen LogP contribution is -2.41. The predicted octanol–water partition coefficient (Wildman–Crippen LogP) is 3.95. The number of amides is 2. The molecule has 1 aromatic carbocycles. The molecule has 0 bridgehead atoms. The molecular formula is C29H34N6O4. The molecule has 0 saturated carbocycles. The van der Waals surface area contributed by atoms with Crippen LogP contribution < -0.4 is 11.3 Å². The zero-order valence-corrected chi connectivity index (χ0v) is 22.6. The van der Waals surface area contributed by atoms with E-state index in [0.717, 1.165) is 18.4 Å².